The molecule has 3 aromatic rings. The molecule has 0 aromatic heterocycles. The molecular formula is C23H17NO2. The molecule has 3 heteroatoms. The number of cyclic esters (lactones) is 1. The number of benzene rings is 3. The zero-order valence-corrected chi connectivity index (χ0v) is 14.3. The number of fused-ring (bicyclic) bond motifs is 1. The monoisotopic (exact) mass is 339 g/mol. The summed E-state index contributed by atoms with van der Waals surface area (Å²) in [6, 6.07) is 23.8. The second kappa shape index (κ2) is 6.81. The van der Waals surface area contributed by atoms with Gasteiger partial charge in [-0.05, 0) is 41.0 Å². The maximum absolute atomic E-state index is 12.2. The zero-order valence-electron chi connectivity index (χ0n) is 14.3. The number of carbonyl (C=O) groups is 1. The number of hydrogen-bond acceptors (Lipinski definition) is 3. The maximum Gasteiger partial charge on any atom is 0.363 e. The fourth-order valence-electron chi connectivity index (χ4n) is 3.01. The Labute approximate surface area is 152 Å². The second-order valence-corrected chi connectivity index (χ2v) is 6.16. The van der Waals surface area contributed by atoms with Crippen molar-refractivity contribution in [3.8, 4) is 0 Å². The molecule has 0 saturated carbocycles. The summed E-state index contributed by atoms with van der Waals surface area (Å²) in [6.45, 7) is 1.94. The zero-order chi connectivity index (χ0) is 17.9. The Kier molecular flexibility index (Phi) is 4.20. The Hall–Kier alpha value is -3.46. The first-order valence-corrected chi connectivity index (χ1v) is 8.45. The van der Waals surface area contributed by atoms with Gasteiger partial charge in [-0.2, -0.15) is 0 Å². The molecule has 0 bridgehead atoms. The van der Waals surface area contributed by atoms with Gasteiger partial charge in [-0.25, -0.2) is 9.79 Å². The van der Waals surface area contributed by atoms with E-state index in [1.54, 1.807) is 6.08 Å². The number of carbonyl (C=O) groups excluding carboxylic acids is 1. The smallest absolute Gasteiger partial charge is 0.363 e. The molecule has 3 nitrogen and oxygen atoms in total. The number of ether oxygens (including phenoxy) is 1. The van der Waals surface area contributed by atoms with Gasteiger partial charge in [-0.1, -0.05) is 72.8 Å². The normalized spacial score (nSPS) is 16.0. The van der Waals surface area contributed by atoms with Gasteiger partial charge in [0.25, 0.3) is 0 Å². The van der Waals surface area contributed by atoms with Crippen molar-refractivity contribution >= 4 is 28.7 Å². The minimum atomic E-state index is -0.422. The summed E-state index contributed by atoms with van der Waals surface area (Å²) in [4.78, 5) is 16.7. The first-order valence-electron chi connectivity index (χ1n) is 8.45. The van der Waals surface area contributed by atoms with Crippen LogP contribution in [-0.4, -0.2) is 11.9 Å². The van der Waals surface area contributed by atoms with Crippen LogP contribution in [0.4, 0.5) is 0 Å². The lowest BCUT2D eigenvalue weighted by atomic mass is 10.0. The lowest BCUT2D eigenvalue weighted by molar-refractivity contribution is -0.130. The van der Waals surface area contributed by atoms with Crippen LogP contribution in [0.2, 0.25) is 0 Å². The van der Waals surface area contributed by atoms with Gasteiger partial charge in [0, 0.05) is 5.56 Å². The lowest BCUT2D eigenvalue weighted by Gasteiger charge is -2.04. The average Bonchev–Trinajstić information content (AvgIpc) is 3.02. The topological polar surface area (TPSA) is 38.7 Å². The van der Waals surface area contributed by atoms with Crippen molar-refractivity contribution in [3.05, 3.63) is 101 Å². The minimum Gasteiger partial charge on any atom is -0.402 e. The first-order chi connectivity index (χ1) is 12.7. The standard InChI is InChI=1S/C23H17NO2/c1-16(14-17-8-3-2-4-9-17)15-21-23(25)26-22(24-21)20-13-7-11-18-10-5-6-12-19(18)20/h2-15H,1H3/b16-14-,21-15-. The van der Waals surface area contributed by atoms with Crippen molar-refractivity contribution in [2.24, 2.45) is 4.99 Å². The molecule has 1 aliphatic heterocycles. The minimum absolute atomic E-state index is 0.317. The number of hydrogen-bond donors (Lipinski definition) is 0. The molecule has 0 amide bonds. The molecule has 1 heterocycles. The van der Waals surface area contributed by atoms with Crippen LogP contribution in [0.1, 0.15) is 18.1 Å². The molecule has 3 aromatic carbocycles. The third-order valence-electron chi connectivity index (χ3n) is 4.20. The van der Waals surface area contributed by atoms with Crippen molar-refractivity contribution in [1.82, 2.24) is 0 Å². The van der Waals surface area contributed by atoms with Gasteiger partial charge in [0.1, 0.15) is 0 Å². The predicted molar refractivity (Wildman–Crippen MR) is 105 cm³/mol. The fraction of sp³-hybridized carbons (Fsp3) is 0.0435. The van der Waals surface area contributed by atoms with Crippen molar-refractivity contribution < 1.29 is 9.53 Å². The van der Waals surface area contributed by atoms with Crippen LogP contribution >= 0.6 is 0 Å². The highest BCUT2D eigenvalue weighted by atomic mass is 16.6. The molecule has 0 aliphatic carbocycles. The summed E-state index contributed by atoms with van der Waals surface area (Å²) in [5.74, 6) is -0.0701. The van der Waals surface area contributed by atoms with Crippen LogP contribution in [0.5, 0.6) is 0 Å². The van der Waals surface area contributed by atoms with E-state index < -0.39 is 5.97 Å². The van der Waals surface area contributed by atoms with E-state index in [1.807, 2.05) is 85.8 Å². The summed E-state index contributed by atoms with van der Waals surface area (Å²) < 4.78 is 5.43. The van der Waals surface area contributed by atoms with E-state index in [9.17, 15) is 4.79 Å². The van der Waals surface area contributed by atoms with E-state index in [-0.39, 0.29) is 0 Å². The number of aliphatic imine (C=N–C) groups is 1. The highest BCUT2D eigenvalue weighted by Gasteiger charge is 2.25. The Morgan fingerprint density at radius 2 is 1.65 bits per heavy atom. The molecule has 126 valence electrons. The number of rotatable bonds is 3. The molecular weight excluding hydrogens is 322 g/mol. The summed E-state index contributed by atoms with van der Waals surface area (Å²) in [5, 5.41) is 2.10. The van der Waals surface area contributed by atoms with E-state index in [0.29, 0.717) is 11.6 Å². The largest absolute Gasteiger partial charge is 0.402 e. The quantitative estimate of drug-likeness (QED) is 0.490. The summed E-state index contributed by atoms with van der Waals surface area (Å²) >= 11 is 0. The molecule has 0 unspecified atom stereocenters. The molecule has 0 spiro atoms. The molecule has 0 atom stereocenters. The Bertz CT molecular complexity index is 1070. The predicted octanol–water partition coefficient (Wildman–Crippen LogP) is 5.13. The summed E-state index contributed by atoms with van der Waals surface area (Å²) in [5.41, 5.74) is 3.15. The van der Waals surface area contributed by atoms with Crippen LogP contribution < -0.4 is 0 Å². The molecule has 4 rings (SSSR count). The van der Waals surface area contributed by atoms with E-state index >= 15 is 0 Å². The Morgan fingerprint density at radius 1 is 0.923 bits per heavy atom. The van der Waals surface area contributed by atoms with Crippen molar-refractivity contribution in [1.29, 1.82) is 0 Å². The van der Waals surface area contributed by atoms with Crippen LogP contribution in [0.25, 0.3) is 16.8 Å². The lowest BCUT2D eigenvalue weighted by Crippen LogP contribution is -2.05. The fourth-order valence-corrected chi connectivity index (χ4v) is 3.01. The Morgan fingerprint density at radius 3 is 2.50 bits per heavy atom. The van der Waals surface area contributed by atoms with Crippen molar-refractivity contribution in [2.45, 2.75) is 6.92 Å². The molecule has 26 heavy (non-hydrogen) atoms. The average molecular weight is 339 g/mol. The van der Waals surface area contributed by atoms with Gasteiger partial charge in [-0.15, -0.1) is 0 Å². The van der Waals surface area contributed by atoms with Crippen LogP contribution in [0, 0.1) is 0 Å². The van der Waals surface area contributed by atoms with Gasteiger partial charge in [0.2, 0.25) is 5.90 Å². The molecule has 1 aliphatic rings. The summed E-state index contributed by atoms with van der Waals surface area (Å²) in [6.07, 6.45) is 3.76. The highest BCUT2D eigenvalue weighted by Crippen LogP contribution is 2.24. The van der Waals surface area contributed by atoms with Crippen LogP contribution in [0.15, 0.2) is 95.1 Å². The van der Waals surface area contributed by atoms with Crippen molar-refractivity contribution in [3.63, 3.8) is 0 Å². The van der Waals surface area contributed by atoms with Crippen LogP contribution in [0.3, 0.4) is 0 Å². The molecule has 0 N–H and O–H groups in total. The van der Waals surface area contributed by atoms with Gasteiger partial charge in [0.05, 0.1) is 0 Å². The molecule has 0 radical (unpaired) electrons. The second-order valence-electron chi connectivity index (χ2n) is 6.16. The van der Waals surface area contributed by atoms with E-state index in [1.165, 1.54) is 0 Å². The van der Waals surface area contributed by atoms with E-state index in [0.717, 1.165) is 27.5 Å². The number of nitrogens with zero attached hydrogens (tertiary/aromatic N) is 1. The Balaban J connectivity index is 1.70. The number of esters is 1. The highest BCUT2D eigenvalue weighted by molar-refractivity contribution is 6.16. The van der Waals surface area contributed by atoms with Crippen LogP contribution in [-0.2, 0) is 9.53 Å². The van der Waals surface area contributed by atoms with Gasteiger partial charge >= 0.3 is 5.97 Å². The number of allylic oxidation sites excluding steroid dienone is 2. The maximum atomic E-state index is 12.2. The molecule has 0 saturated heterocycles. The molecule has 0 fully saturated rings. The van der Waals surface area contributed by atoms with Gasteiger partial charge in [-0.3, -0.25) is 0 Å². The van der Waals surface area contributed by atoms with Gasteiger partial charge < -0.3 is 4.74 Å². The van der Waals surface area contributed by atoms with E-state index in [2.05, 4.69) is 4.99 Å². The van der Waals surface area contributed by atoms with E-state index in [4.69, 9.17) is 4.74 Å². The summed E-state index contributed by atoms with van der Waals surface area (Å²) in [7, 11) is 0. The van der Waals surface area contributed by atoms with Crippen molar-refractivity contribution in [2.75, 3.05) is 0 Å². The third-order valence-corrected chi connectivity index (χ3v) is 4.20. The third kappa shape index (κ3) is 3.20. The first kappa shape index (κ1) is 16.0. The van der Waals surface area contributed by atoms with Gasteiger partial charge in [0.15, 0.2) is 5.70 Å². The SMILES string of the molecule is CC(=C/c1ccccc1)/C=C1\N=C(c2cccc3ccccc23)OC1=O.